The van der Waals surface area contributed by atoms with Crippen molar-refractivity contribution in [1.82, 2.24) is 15.3 Å². The van der Waals surface area contributed by atoms with Crippen molar-refractivity contribution in [2.24, 2.45) is 0 Å². The molecule has 0 saturated carbocycles. The maximum atomic E-state index is 12.0. The molecule has 0 spiro atoms. The monoisotopic (exact) mass is 427 g/mol. The van der Waals surface area contributed by atoms with E-state index in [2.05, 4.69) is 16.5 Å². The minimum Gasteiger partial charge on any atom is -0.352 e. The molecular formula is C22H42N3O3P. The Morgan fingerprint density at radius 3 is 1.86 bits per heavy atom. The van der Waals surface area contributed by atoms with E-state index in [0.717, 1.165) is 36.0 Å². The van der Waals surface area contributed by atoms with E-state index in [0.29, 0.717) is 19.4 Å². The van der Waals surface area contributed by atoms with Gasteiger partial charge in [0, 0.05) is 32.6 Å². The Bertz CT molecular complexity index is 544. The molecule has 1 rings (SSSR count). The second kappa shape index (κ2) is 22.4. The predicted molar refractivity (Wildman–Crippen MR) is 127 cm³/mol. The molecule has 168 valence electrons. The Balaban J connectivity index is -0.000000733. The summed E-state index contributed by atoms with van der Waals surface area (Å²) in [6, 6.07) is 5.86. The predicted octanol–water partition coefficient (Wildman–Crippen LogP) is 4.26. The van der Waals surface area contributed by atoms with E-state index in [9.17, 15) is 9.59 Å². The lowest BCUT2D eigenvalue weighted by Crippen LogP contribution is -2.24. The molecule has 1 atom stereocenters. The number of aryl methyl sites for hydroxylation is 2. The molecule has 0 aromatic heterocycles. The van der Waals surface area contributed by atoms with Crippen molar-refractivity contribution in [2.75, 3.05) is 20.6 Å². The van der Waals surface area contributed by atoms with Gasteiger partial charge in [0.1, 0.15) is 0 Å². The van der Waals surface area contributed by atoms with Gasteiger partial charge in [-0.15, -0.1) is 0 Å². The van der Waals surface area contributed by atoms with Gasteiger partial charge in [0.15, 0.2) is 0 Å². The molecule has 3 amide bonds. The van der Waals surface area contributed by atoms with Crippen LogP contribution in [0.2, 0.25) is 0 Å². The van der Waals surface area contributed by atoms with Crippen molar-refractivity contribution in [3.8, 4) is 0 Å². The van der Waals surface area contributed by atoms with Crippen LogP contribution in [0.5, 0.6) is 0 Å². The van der Waals surface area contributed by atoms with Gasteiger partial charge in [-0.1, -0.05) is 51.3 Å². The summed E-state index contributed by atoms with van der Waals surface area (Å²) in [6.45, 7) is 12.6. The van der Waals surface area contributed by atoms with Crippen molar-refractivity contribution in [2.45, 2.75) is 67.2 Å². The van der Waals surface area contributed by atoms with Gasteiger partial charge in [-0.2, -0.15) is 0 Å². The van der Waals surface area contributed by atoms with Crippen molar-refractivity contribution in [1.29, 1.82) is 0 Å². The number of rotatable bonds is 8. The largest absolute Gasteiger partial charge is 0.352 e. The van der Waals surface area contributed by atoms with Crippen molar-refractivity contribution < 1.29 is 14.4 Å². The number of carbonyl (C=O) groups is 3. The van der Waals surface area contributed by atoms with E-state index in [1.54, 1.807) is 19.0 Å². The molecule has 6 nitrogen and oxygen atoms in total. The molecule has 1 unspecified atom stereocenters. The quantitative estimate of drug-likeness (QED) is 0.370. The minimum absolute atomic E-state index is 0.0221. The van der Waals surface area contributed by atoms with Crippen LogP contribution >= 0.6 is 9.39 Å². The number of benzene rings is 1. The van der Waals surface area contributed by atoms with Crippen LogP contribution in [-0.2, 0) is 9.59 Å². The van der Waals surface area contributed by atoms with Gasteiger partial charge >= 0.3 is 0 Å². The molecule has 0 heterocycles. The van der Waals surface area contributed by atoms with Crippen LogP contribution in [0.4, 0.5) is 0 Å². The lowest BCUT2D eigenvalue weighted by molar-refractivity contribution is -0.128. The summed E-state index contributed by atoms with van der Waals surface area (Å²) in [5.74, 6) is 0.139. The van der Waals surface area contributed by atoms with E-state index in [1.807, 2.05) is 63.1 Å². The highest BCUT2D eigenvalue weighted by Gasteiger charge is 2.06. The summed E-state index contributed by atoms with van der Waals surface area (Å²) in [5.41, 5.74) is 2.92. The molecule has 1 aromatic rings. The number of carbonyl (C=O) groups excluding carboxylic acids is 3. The van der Waals surface area contributed by atoms with Crippen molar-refractivity contribution in [3.63, 3.8) is 0 Å². The number of nitrogens with one attached hydrogen (secondary N) is 2. The SMILES string of the molecule is CC.CC.Cc1cc(C)cc(C(=O)NCCCCCC(=O)N(C)C)c1.O=CNP. The molecule has 0 fully saturated rings. The Morgan fingerprint density at radius 1 is 0.966 bits per heavy atom. The van der Waals surface area contributed by atoms with Crippen LogP contribution < -0.4 is 10.4 Å². The summed E-state index contributed by atoms with van der Waals surface area (Å²) in [7, 11) is 5.58. The number of hydrogen-bond acceptors (Lipinski definition) is 3. The van der Waals surface area contributed by atoms with Gasteiger partial charge in [0.25, 0.3) is 5.91 Å². The highest BCUT2D eigenvalue weighted by molar-refractivity contribution is 7.14. The van der Waals surface area contributed by atoms with Crippen molar-refractivity contribution in [3.05, 3.63) is 34.9 Å². The van der Waals surface area contributed by atoms with E-state index >= 15 is 0 Å². The molecule has 0 saturated heterocycles. The molecule has 0 bridgehead atoms. The fraction of sp³-hybridized carbons (Fsp3) is 0.591. The van der Waals surface area contributed by atoms with Gasteiger partial charge in [-0.3, -0.25) is 14.4 Å². The van der Waals surface area contributed by atoms with Crippen molar-refractivity contribution >= 4 is 27.6 Å². The zero-order chi connectivity index (χ0) is 23.2. The first-order chi connectivity index (χ1) is 13.8. The molecule has 1 aromatic carbocycles. The first kappa shape index (κ1) is 31.7. The molecule has 29 heavy (non-hydrogen) atoms. The molecule has 0 aliphatic carbocycles. The van der Waals surface area contributed by atoms with Crippen LogP contribution in [-0.4, -0.2) is 43.8 Å². The smallest absolute Gasteiger partial charge is 0.251 e. The van der Waals surface area contributed by atoms with E-state index in [4.69, 9.17) is 4.79 Å². The summed E-state index contributed by atoms with van der Waals surface area (Å²) in [5, 5.41) is 5.10. The molecule has 0 radical (unpaired) electrons. The van der Waals surface area contributed by atoms with Gasteiger partial charge in [0.2, 0.25) is 12.3 Å². The fourth-order valence-corrected chi connectivity index (χ4v) is 2.21. The van der Waals surface area contributed by atoms with Crippen LogP contribution in [0.25, 0.3) is 0 Å². The second-order valence-electron chi connectivity index (χ2n) is 6.02. The van der Waals surface area contributed by atoms with E-state index in [-0.39, 0.29) is 11.8 Å². The Kier molecular flexibility index (Phi) is 24.5. The fourth-order valence-electron chi connectivity index (χ4n) is 2.21. The first-order valence-electron chi connectivity index (χ1n) is 10.3. The highest BCUT2D eigenvalue weighted by Crippen LogP contribution is 2.09. The topological polar surface area (TPSA) is 78.5 Å². The summed E-state index contributed by atoms with van der Waals surface area (Å²) < 4.78 is 0. The van der Waals surface area contributed by atoms with Gasteiger partial charge in [0.05, 0.1) is 0 Å². The number of nitrogens with zero attached hydrogens (tertiary/aromatic N) is 1. The standard InChI is InChI=1S/C17H26N2O2.2C2H6.CH4NOP/c1-13-10-14(2)12-15(11-13)17(21)18-9-7-5-6-8-16(20)19(3)4;2*1-2;3-1-2-4/h10-12H,5-9H2,1-4H3,(H,18,21);2*1-2H3;1H,4H2,(H,2,3). The Morgan fingerprint density at radius 2 is 1.45 bits per heavy atom. The molecule has 7 heteroatoms. The van der Waals surface area contributed by atoms with E-state index < -0.39 is 0 Å². The van der Waals surface area contributed by atoms with Gasteiger partial charge in [-0.05, 0) is 48.2 Å². The summed E-state index contributed by atoms with van der Waals surface area (Å²) in [4.78, 5) is 34.1. The third-order valence-electron chi connectivity index (χ3n) is 3.40. The van der Waals surface area contributed by atoms with E-state index in [1.165, 1.54) is 0 Å². The van der Waals surface area contributed by atoms with Crippen LogP contribution in [0.15, 0.2) is 18.2 Å². The van der Waals surface area contributed by atoms with Gasteiger partial charge in [-0.25, -0.2) is 0 Å². The minimum atomic E-state index is -0.0221. The number of hydrogen-bond donors (Lipinski definition) is 2. The summed E-state index contributed by atoms with van der Waals surface area (Å²) >= 11 is 0. The number of unbranched alkanes of at least 4 members (excludes halogenated alkanes) is 2. The van der Waals surface area contributed by atoms with Crippen LogP contribution in [0, 0.1) is 13.8 Å². The zero-order valence-corrected chi connectivity index (χ0v) is 20.7. The second-order valence-corrected chi connectivity index (χ2v) is 6.35. The summed E-state index contributed by atoms with van der Waals surface area (Å²) in [6.07, 6.45) is 3.89. The first-order valence-corrected chi connectivity index (χ1v) is 10.9. The maximum Gasteiger partial charge on any atom is 0.251 e. The van der Waals surface area contributed by atoms with Crippen LogP contribution in [0.1, 0.15) is 74.9 Å². The maximum absolute atomic E-state index is 12.0. The molecule has 2 N–H and O–H groups in total. The Hall–Kier alpha value is -1.94. The average Bonchev–Trinajstić information content (AvgIpc) is 2.72. The van der Waals surface area contributed by atoms with Crippen LogP contribution in [0.3, 0.4) is 0 Å². The lowest BCUT2D eigenvalue weighted by atomic mass is 10.1. The Labute approximate surface area is 180 Å². The zero-order valence-electron chi connectivity index (χ0n) is 19.6. The normalized spacial score (nSPS) is 8.59. The van der Waals surface area contributed by atoms with Gasteiger partial charge < -0.3 is 15.3 Å². The lowest BCUT2D eigenvalue weighted by Gasteiger charge is -2.10. The highest BCUT2D eigenvalue weighted by atomic mass is 31.0. The molecule has 0 aliphatic heterocycles. The third kappa shape index (κ3) is 19.2. The average molecular weight is 428 g/mol. The number of amides is 3. The molecule has 0 aliphatic rings. The molecular weight excluding hydrogens is 385 g/mol. The third-order valence-corrected chi connectivity index (χ3v) is 3.54.